The monoisotopic (exact) mass is 296 g/mol. The Morgan fingerprint density at radius 2 is 1.86 bits per heavy atom. The number of amidine groups is 1. The van der Waals surface area contributed by atoms with Gasteiger partial charge in [-0.05, 0) is 29.8 Å². The largest absolute Gasteiger partial charge is 0.497 e. The van der Waals surface area contributed by atoms with E-state index in [0.717, 1.165) is 17.1 Å². The third-order valence-corrected chi connectivity index (χ3v) is 4.12. The van der Waals surface area contributed by atoms with Crippen LogP contribution in [0.25, 0.3) is 0 Å². The first-order valence-corrected chi connectivity index (χ1v) is 7.23. The fraction of sp³-hybridized carbons (Fsp3) is 0.294. The number of hydrogen-bond donors (Lipinski definition) is 1. The summed E-state index contributed by atoms with van der Waals surface area (Å²) in [5.74, 6) is 2.23. The summed E-state index contributed by atoms with van der Waals surface area (Å²) < 4.78 is 5.24. The third kappa shape index (κ3) is 2.28. The van der Waals surface area contributed by atoms with Crippen LogP contribution in [-0.4, -0.2) is 17.9 Å². The van der Waals surface area contributed by atoms with Crippen LogP contribution in [0.5, 0.6) is 5.75 Å². The van der Waals surface area contributed by atoms with Crippen molar-refractivity contribution >= 4 is 11.7 Å². The van der Waals surface area contributed by atoms with Gasteiger partial charge in [0.1, 0.15) is 17.4 Å². The molecule has 5 nitrogen and oxygen atoms in total. The summed E-state index contributed by atoms with van der Waals surface area (Å²) in [5, 5.41) is 6.45. The number of hydrazone groups is 1. The van der Waals surface area contributed by atoms with Crippen LogP contribution >= 0.6 is 0 Å². The fourth-order valence-corrected chi connectivity index (χ4v) is 2.77. The number of nitrogens with zero attached hydrogens (tertiary/aromatic N) is 3. The molecular formula is C17H20N4O. The molecule has 5 heteroatoms. The van der Waals surface area contributed by atoms with Crippen molar-refractivity contribution in [3.63, 3.8) is 0 Å². The lowest BCUT2D eigenvalue weighted by Crippen LogP contribution is -2.35. The lowest BCUT2D eigenvalue weighted by atomic mass is 9.80. The van der Waals surface area contributed by atoms with Crippen LogP contribution in [0.3, 0.4) is 0 Å². The van der Waals surface area contributed by atoms with Gasteiger partial charge in [-0.1, -0.05) is 32.0 Å². The maximum atomic E-state index is 6.18. The van der Waals surface area contributed by atoms with E-state index in [4.69, 9.17) is 10.5 Å². The van der Waals surface area contributed by atoms with E-state index in [9.17, 15) is 0 Å². The van der Waals surface area contributed by atoms with Crippen molar-refractivity contribution in [2.24, 2.45) is 16.3 Å². The summed E-state index contributed by atoms with van der Waals surface area (Å²) >= 11 is 0. The van der Waals surface area contributed by atoms with Gasteiger partial charge in [0.15, 0.2) is 0 Å². The number of pyridine rings is 1. The van der Waals surface area contributed by atoms with Gasteiger partial charge < -0.3 is 10.5 Å². The lowest BCUT2D eigenvalue weighted by molar-refractivity contribution is 0.409. The summed E-state index contributed by atoms with van der Waals surface area (Å²) in [6, 6.07) is 13.8. The molecular weight excluding hydrogens is 276 g/mol. The van der Waals surface area contributed by atoms with E-state index < -0.39 is 0 Å². The van der Waals surface area contributed by atoms with Gasteiger partial charge in [-0.3, -0.25) is 0 Å². The van der Waals surface area contributed by atoms with Gasteiger partial charge in [-0.25, -0.2) is 9.99 Å². The smallest absolute Gasteiger partial charge is 0.149 e. The molecule has 0 radical (unpaired) electrons. The highest BCUT2D eigenvalue weighted by Crippen LogP contribution is 2.45. The molecule has 1 unspecified atom stereocenters. The van der Waals surface area contributed by atoms with Crippen LogP contribution in [-0.2, 0) is 0 Å². The summed E-state index contributed by atoms with van der Waals surface area (Å²) in [5.41, 5.74) is 7.02. The minimum Gasteiger partial charge on any atom is -0.497 e. The van der Waals surface area contributed by atoms with E-state index in [0.29, 0.717) is 5.84 Å². The van der Waals surface area contributed by atoms with E-state index in [2.05, 4.69) is 36.1 Å². The van der Waals surface area contributed by atoms with E-state index >= 15 is 0 Å². The third-order valence-electron chi connectivity index (χ3n) is 4.12. The Balaban J connectivity index is 2.04. The maximum absolute atomic E-state index is 6.18. The van der Waals surface area contributed by atoms with Crippen molar-refractivity contribution in [3.8, 4) is 5.75 Å². The number of ether oxygens (including phenoxy) is 1. The Bertz CT molecular complexity index is 680. The topological polar surface area (TPSA) is 63.7 Å². The van der Waals surface area contributed by atoms with Crippen LogP contribution in [0, 0.1) is 5.41 Å². The molecule has 1 aliphatic rings. The second-order valence-electron chi connectivity index (χ2n) is 5.92. The minimum atomic E-state index is -0.286. The first-order valence-electron chi connectivity index (χ1n) is 7.23. The molecule has 0 fully saturated rings. The summed E-state index contributed by atoms with van der Waals surface area (Å²) in [6.07, 6.45) is 1.76. The normalized spacial score (nSPS) is 19.9. The Kier molecular flexibility index (Phi) is 3.48. The van der Waals surface area contributed by atoms with Crippen LogP contribution in [0.4, 0.5) is 5.82 Å². The number of benzene rings is 1. The van der Waals surface area contributed by atoms with Crippen molar-refractivity contribution in [2.75, 3.05) is 12.1 Å². The number of rotatable bonds is 3. The Hall–Kier alpha value is -2.56. The van der Waals surface area contributed by atoms with Gasteiger partial charge in [0.05, 0.1) is 18.6 Å². The number of anilines is 1. The van der Waals surface area contributed by atoms with Crippen LogP contribution in [0.2, 0.25) is 0 Å². The zero-order valence-electron chi connectivity index (χ0n) is 13.0. The average Bonchev–Trinajstić information content (AvgIpc) is 2.78. The summed E-state index contributed by atoms with van der Waals surface area (Å²) in [4.78, 5) is 4.41. The van der Waals surface area contributed by atoms with Crippen LogP contribution in [0.1, 0.15) is 25.5 Å². The number of methoxy groups -OCH3 is 1. The highest BCUT2D eigenvalue weighted by atomic mass is 16.5. The molecule has 2 heterocycles. The molecule has 114 valence electrons. The second-order valence-corrected chi connectivity index (χ2v) is 5.92. The molecule has 1 atom stereocenters. The van der Waals surface area contributed by atoms with Crippen LogP contribution < -0.4 is 15.5 Å². The Labute approximate surface area is 130 Å². The van der Waals surface area contributed by atoms with Crippen molar-refractivity contribution in [3.05, 3.63) is 54.2 Å². The molecule has 2 aromatic rings. The first-order chi connectivity index (χ1) is 10.5. The van der Waals surface area contributed by atoms with E-state index in [-0.39, 0.29) is 11.5 Å². The molecule has 22 heavy (non-hydrogen) atoms. The zero-order chi connectivity index (χ0) is 15.7. The standard InChI is InChI=1S/C17H20N4O/c1-17(2)15(12-7-9-13(22-3)10-8-12)21(20-16(17)18)14-6-4-5-11-19-14/h4-11,15H,1-3H3,(H2,18,20). The molecule has 0 amide bonds. The molecule has 1 aromatic heterocycles. The minimum absolute atomic E-state index is 0.00620. The highest BCUT2D eigenvalue weighted by Gasteiger charge is 2.45. The fourth-order valence-electron chi connectivity index (χ4n) is 2.77. The van der Waals surface area contributed by atoms with Crippen molar-refractivity contribution < 1.29 is 4.74 Å². The molecule has 0 spiro atoms. The Morgan fingerprint density at radius 1 is 1.14 bits per heavy atom. The predicted octanol–water partition coefficient (Wildman–Crippen LogP) is 2.95. The zero-order valence-corrected chi connectivity index (χ0v) is 13.0. The van der Waals surface area contributed by atoms with Crippen molar-refractivity contribution in [1.29, 1.82) is 0 Å². The molecule has 1 aliphatic heterocycles. The van der Waals surface area contributed by atoms with Gasteiger partial charge in [-0.2, -0.15) is 5.10 Å². The quantitative estimate of drug-likeness (QED) is 0.946. The van der Waals surface area contributed by atoms with Crippen molar-refractivity contribution in [1.82, 2.24) is 4.98 Å². The number of nitrogens with two attached hydrogens (primary N) is 1. The maximum Gasteiger partial charge on any atom is 0.149 e. The van der Waals surface area contributed by atoms with Gasteiger partial charge in [0.25, 0.3) is 0 Å². The Morgan fingerprint density at radius 3 is 2.45 bits per heavy atom. The van der Waals surface area contributed by atoms with Gasteiger partial charge >= 0.3 is 0 Å². The molecule has 0 bridgehead atoms. The predicted molar refractivity (Wildman–Crippen MR) is 87.9 cm³/mol. The summed E-state index contributed by atoms with van der Waals surface area (Å²) in [6.45, 7) is 4.20. The summed E-state index contributed by atoms with van der Waals surface area (Å²) in [7, 11) is 1.66. The molecule has 0 saturated carbocycles. The first kappa shape index (κ1) is 14.4. The number of hydrogen-bond acceptors (Lipinski definition) is 5. The van der Waals surface area contributed by atoms with Gasteiger partial charge in [-0.15, -0.1) is 0 Å². The molecule has 0 aliphatic carbocycles. The number of aromatic nitrogens is 1. The SMILES string of the molecule is COc1ccc(C2N(c3ccccn3)N=C(N)C2(C)C)cc1. The van der Waals surface area contributed by atoms with Crippen molar-refractivity contribution in [2.45, 2.75) is 19.9 Å². The van der Waals surface area contributed by atoms with E-state index in [1.807, 2.05) is 35.3 Å². The van der Waals surface area contributed by atoms with Crippen LogP contribution in [0.15, 0.2) is 53.8 Å². The van der Waals surface area contributed by atoms with Gasteiger partial charge in [0.2, 0.25) is 0 Å². The molecule has 3 rings (SSSR count). The van der Waals surface area contributed by atoms with E-state index in [1.165, 1.54) is 0 Å². The molecule has 0 saturated heterocycles. The van der Waals surface area contributed by atoms with Gasteiger partial charge in [0, 0.05) is 6.20 Å². The lowest BCUT2D eigenvalue weighted by Gasteiger charge is -2.32. The highest BCUT2D eigenvalue weighted by molar-refractivity contribution is 5.90. The van der Waals surface area contributed by atoms with E-state index in [1.54, 1.807) is 13.3 Å². The average molecular weight is 296 g/mol. The molecule has 2 N–H and O–H groups in total. The second kappa shape index (κ2) is 5.33. The molecule has 1 aromatic carbocycles.